The summed E-state index contributed by atoms with van der Waals surface area (Å²) < 4.78 is 3.77. The molecule has 1 saturated heterocycles. The largest absolute Gasteiger partial charge is 0.336 e. The second-order valence-electron chi connectivity index (χ2n) is 5.18. The Morgan fingerprint density at radius 1 is 1.67 bits per heavy atom. The zero-order valence-corrected chi connectivity index (χ0v) is 11.7. The normalized spacial score (nSPS) is 19.4. The molecule has 0 saturated carbocycles. The molecule has 5 nitrogen and oxygen atoms in total. The Hall–Kier alpha value is -1.01. The summed E-state index contributed by atoms with van der Waals surface area (Å²) in [6.45, 7) is 6.90. The van der Waals surface area contributed by atoms with Crippen molar-refractivity contribution in [2.75, 3.05) is 19.6 Å². The number of nitrogens with one attached hydrogen (secondary N) is 1. The van der Waals surface area contributed by atoms with Crippen LogP contribution in [-0.4, -0.2) is 46.1 Å². The highest BCUT2D eigenvalue weighted by atomic mass is 32.1. The third-order valence-corrected chi connectivity index (χ3v) is 3.70. The second-order valence-corrected chi connectivity index (χ2v) is 5.96. The number of carbonyl (C=O) groups excluding carboxylic acids is 1. The first kappa shape index (κ1) is 13.4. The molecule has 1 fully saturated rings. The highest BCUT2D eigenvalue weighted by Crippen LogP contribution is 2.13. The molecule has 100 valence electrons. The molecule has 0 spiro atoms. The summed E-state index contributed by atoms with van der Waals surface area (Å²) in [5.41, 5.74) is 0. The molecule has 0 radical (unpaired) electrons. The van der Waals surface area contributed by atoms with E-state index in [4.69, 9.17) is 0 Å². The topological polar surface area (TPSA) is 58.1 Å². The molecule has 1 aliphatic heterocycles. The van der Waals surface area contributed by atoms with E-state index < -0.39 is 0 Å². The molecular formula is C12H20N4OS. The van der Waals surface area contributed by atoms with E-state index in [2.05, 4.69) is 28.8 Å². The minimum absolute atomic E-state index is 0.0624. The zero-order chi connectivity index (χ0) is 13.0. The van der Waals surface area contributed by atoms with Gasteiger partial charge in [-0.3, -0.25) is 4.79 Å². The Morgan fingerprint density at radius 3 is 3.06 bits per heavy atom. The van der Waals surface area contributed by atoms with Gasteiger partial charge in [0.05, 0.1) is 6.20 Å². The van der Waals surface area contributed by atoms with Crippen LogP contribution in [0.5, 0.6) is 0 Å². The smallest absolute Gasteiger partial charge is 0.267 e. The summed E-state index contributed by atoms with van der Waals surface area (Å²) in [7, 11) is 0. The summed E-state index contributed by atoms with van der Waals surface area (Å²) in [6.07, 6.45) is 3.92. The predicted molar refractivity (Wildman–Crippen MR) is 71.7 cm³/mol. The monoisotopic (exact) mass is 268 g/mol. The lowest BCUT2D eigenvalue weighted by atomic mass is 10.1. The van der Waals surface area contributed by atoms with Gasteiger partial charge in [0.15, 0.2) is 0 Å². The first-order chi connectivity index (χ1) is 8.66. The van der Waals surface area contributed by atoms with Crippen LogP contribution in [0.1, 0.15) is 36.4 Å². The molecule has 1 unspecified atom stereocenters. The van der Waals surface area contributed by atoms with Gasteiger partial charge in [-0.25, -0.2) is 0 Å². The first-order valence-electron chi connectivity index (χ1n) is 6.47. The van der Waals surface area contributed by atoms with Crippen LogP contribution in [0.3, 0.4) is 0 Å². The Balaban J connectivity index is 2.01. The van der Waals surface area contributed by atoms with Gasteiger partial charge < -0.3 is 10.2 Å². The lowest BCUT2D eigenvalue weighted by Gasteiger charge is -2.26. The molecular weight excluding hydrogens is 248 g/mol. The third kappa shape index (κ3) is 3.49. The summed E-state index contributed by atoms with van der Waals surface area (Å²) in [5.74, 6) is 0.531. The average molecular weight is 268 g/mol. The lowest BCUT2D eigenvalue weighted by molar-refractivity contribution is 0.0726. The van der Waals surface area contributed by atoms with Gasteiger partial charge in [0.25, 0.3) is 5.91 Å². The maximum atomic E-state index is 12.4. The van der Waals surface area contributed by atoms with E-state index in [1.54, 1.807) is 6.20 Å². The van der Waals surface area contributed by atoms with Gasteiger partial charge in [0.2, 0.25) is 0 Å². The fraction of sp³-hybridized carbons (Fsp3) is 0.750. The highest BCUT2D eigenvalue weighted by molar-refractivity contribution is 7.07. The fourth-order valence-electron chi connectivity index (χ4n) is 2.28. The van der Waals surface area contributed by atoms with Gasteiger partial charge in [-0.1, -0.05) is 18.3 Å². The van der Waals surface area contributed by atoms with Crippen LogP contribution < -0.4 is 5.32 Å². The predicted octanol–water partition coefficient (Wildman–Crippen LogP) is 1.39. The van der Waals surface area contributed by atoms with Crippen molar-refractivity contribution < 1.29 is 4.79 Å². The molecule has 18 heavy (non-hydrogen) atoms. The lowest BCUT2D eigenvalue weighted by Crippen LogP contribution is -2.42. The van der Waals surface area contributed by atoms with Crippen molar-refractivity contribution in [1.29, 1.82) is 0 Å². The first-order valence-corrected chi connectivity index (χ1v) is 7.24. The third-order valence-electron chi connectivity index (χ3n) is 3.05. The number of carbonyl (C=O) groups is 1. The molecule has 6 heteroatoms. The van der Waals surface area contributed by atoms with E-state index in [1.807, 2.05) is 4.90 Å². The zero-order valence-electron chi connectivity index (χ0n) is 10.9. The van der Waals surface area contributed by atoms with Gasteiger partial charge in [0.1, 0.15) is 4.88 Å². The summed E-state index contributed by atoms with van der Waals surface area (Å²) in [4.78, 5) is 14.9. The molecule has 2 rings (SSSR count). The molecule has 1 amide bonds. The summed E-state index contributed by atoms with van der Waals surface area (Å²) in [5, 5.41) is 7.18. The van der Waals surface area contributed by atoms with Crippen LogP contribution >= 0.6 is 11.5 Å². The van der Waals surface area contributed by atoms with Crippen molar-refractivity contribution in [2.45, 2.75) is 32.7 Å². The molecule has 1 aromatic heterocycles. The van der Waals surface area contributed by atoms with Crippen LogP contribution in [0.4, 0.5) is 0 Å². The maximum Gasteiger partial charge on any atom is 0.267 e. The summed E-state index contributed by atoms with van der Waals surface area (Å²) >= 11 is 1.17. The van der Waals surface area contributed by atoms with Gasteiger partial charge >= 0.3 is 0 Å². The van der Waals surface area contributed by atoms with Crippen molar-refractivity contribution >= 4 is 17.4 Å². The minimum Gasteiger partial charge on any atom is -0.336 e. The molecule has 0 aliphatic carbocycles. The van der Waals surface area contributed by atoms with Crippen LogP contribution in [0.15, 0.2) is 6.20 Å². The second kappa shape index (κ2) is 6.24. The number of amides is 1. The van der Waals surface area contributed by atoms with Crippen LogP contribution in [0, 0.1) is 5.92 Å². The summed E-state index contributed by atoms with van der Waals surface area (Å²) in [6, 6.07) is 0.439. The quantitative estimate of drug-likeness (QED) is 0.876. The van der Waals surface area contributed by atoms with E-state index in [0.29, 0.717) is 16.8 Å². The van der Waals surface area contributed by atoms with Gasteiger partial charge in [-0.15, -0.1) is 5.10 Å². The van der Waals surface area contributed by atoms with E-state index in [1.165, 1.54) is 18.0 Å². The van der Waals surface area contributed by atoms with E-state index in [9.17, 15) is 4.79 Å². The number of nitrogens with zero attached hydrogens (tertiary/aromatic N) is 3. The van der Waals surface area contributed by atoms with E-state index >= 15 is 0 Å². The van der Waals surface area contributed by atoms with Gasteiger partial charge in [0, 0.05) is 19.1 Å². The Labute approximate surface area is 112 Å². The molecule has 2 heterocycles. The van der Waals surface area contributed by atoms with Gasteiger partial charge in [-0.05, 0) is 36.8 Å². The number of aromatic nitrogens is 2. The standard InChI is InChI=1S/C12H20N4OS/c1-9(2)7-16(8-10-4-3-5-13-10)12(17)11-6-14-15-18-11/h6,9-10,13H,3-5,7-8H2,1-2H3. The maximum absolute atomic E-state index is 12.4. The molecule has 0 bridgehead atoms. The van der Waals surface area contributed by atoms with Crippen molar-refractivity contribution in [3.8, 4) is 0 Å². The Kier molecular flexibility index (Phi) is 4.66. The molecule has 1 atom stereocenters. The molecule has 1 N–H and O–H groups in total. The van der Waals surface area contributed by atoms with Crippen LogP contribution in [-0.2, 0) is 0 Å². The Morgan fingerprint density at radius 2 is 2.50 bits per heavy atom. The van der Waals surface area contributed by atoms with Crippen molar-refractivity contribution in [1.82, 2.24) is 19.8 Å². The molecule has 1 aliphatic rings. The van der Waals surface area contributed by atoms with Crippen LogP contribution in [0.2, 0.25) is 0 Å². The van der Waals surface area contributed by atoms with Gasteiger partial charge in [-0.2, -0.15) is 0 Å². The van der Waals surface area contributed by atoms with E-state index in [-0.39, 0.29) is 5.91 Å². The number of hydrogen-bond donors (Lipinski definition) is 1. The highest BCUT2D eigenvalue weighted by Gasteiger charge is 2.24. The van der Waals surface area contributed by atoms with Crippen LogP contribution in [0.25, 0.3) is 0 Å². The van der Waals surface area contributed by atoms with E-state index in [0.717, 1.165) is 26.1 Å². The fourth-order valence-corrected chi connectivity index (χ4v) is 2.76. The number of rotatable bonds is 5. The molecule has 1 aromatic rings. The van der Waals surface area contributed by atoms with Crippen molar-refractivity contribution in [3.63, 3.8) is 0 Å². The molecule has 0 aromatic carbocycles. The minimum atomic E-state index is 0.0624. The Bertz CT molecular complexity index is 373. The van der Waals surface area contributed by atoms with Crippen molar-refractivity contribution in [3.05, 3.63) is 11.1 Å². The van der Waals surface area contributed by atoms with Crippen molar-refractivity contribution in [2.24, 2.45) is 5.92 Å². The SMILES string of the molecule is CC(C)CN(CC1CCCN1)C(=O)c1cnns1. The average Bonchev–Trinajstić information content (AvgIpc) is 2.99. The number of hydrogen-bond acceptors (Lipinski definition) is 5.